The predicted octanol–water partition coefficient (Wildman–Crippen LogP) is 1.87. The average Bonchev–Trinajstić information content (AvgIpc) is 3.22. The molecule has 1 aliphatic carbocycles. The summed E-state index contributed by atoms with van der Waals surface area (Å²) in [5, 5.41) is 17.9. The standard InChI is InChI=1S/C15H17NO4/c17-13-6-1-11(2-7-13)3-8-14(18)16(12-4-5-12)10-9-15(19)20/h1-3,6-8,12,17H,4-5,9-10H2,(H,19,20)/b8-3+. The normalized spacial score (nSPS) is 14.4. The SMILES string of the molecule is O=C(O)CCN(C(=O)/C=C/c1ccc(O)cc1)C1CC1. The molecular weight excluding hydrogens is 258 g/mol. The van der Waals surface area contributed by atoms with E-state index >= 15 is 0 Å². The number of carboxylic acids is 1. The van der Waals surface area contributed by atoms with Crippen molar-refractivity contribution < 1.29 is 19.8 Å². The first-order chi connectivity index (χ1) is 9.56. The van der Waals surface area contributed by atoms with Gasteiger partial charge in [0.2, 0.25) is 5.91 Å². The van der Waals surface area contributed by atoms with Gasteiger partial charge in [0.1, 0.15) is 5.75 Å². The molecule has 1 fully saturated rings. The van der Waals surface area contributed by atoms with E-state index in [9.17, 15) is 14.7 Å². The highest BCUT2D eigenvalue weighted by Gasteiger charge is 2.31. The lowest BCUT2D eigenvalue weighted by Gasteiger charge is -2.19. The first kappa shape index (κ1) is 14.1. The van der Waals surface area contributed by atoms with Gasteiger partial charge in [-0.25, -0.2) is 0 Å². The molecule has 1 saturated carbocycles. The van der Waals surface area contributed by atoms with Crippen molar-refractivity contribution in [3.05, 3.63) is 35.9 Å². The lowest BCUT2D eigenvalue weighted by molar-refractivity contribution is -0.138. The molecule has 0 radical (unpaired) electrons. The van der Waals surface area contributed by atoms with Crippen LogP contribution < -0.4 is 0 Å². The van der Waals surface area contributed by atoms with Gasteiger partial charge in [0.15, 0.2) is 0 Å². The second kappa shape index (κ2) is 6.23. The molecule has 0 spiro atoms. The van der Waals surface area contributed by atoms with Crippen LogP contribution in [0, 0.1) is 0 Å². The summed E-state index contributed by atoms with van der Waals surface area (Å²) in [6.45, 7) is 0.249. The molecule has 1 aromatic carbocycles. The fourth-order valence-corrected chi connectivity index (χ4v) is 1.92. The number of carboxylic acid groups (broad SMARTS) is 1. The Balaban J connectivity index is 1.97. The van der Waals surface area contributed by atoms with Gasteiger partial charge < -0.3 is 15.1 Å². The average molecular weight is 275 g/mol. The number of benzene rings is 1. The monoisotopic (exact) mass is 275 g/mol. The molecule has 0 unspecified atom stereocenters. The summed E-state index contributed by atoms with van der Waals surface area (Å²) in [5.74, 6) is -0.887. The minimum Gasteiger partial charge on any atom is -0.508 e. The summed E-state index contributed by atoms with van der Waals surface area (Å²) in [7, 11) is 0. The van der Waals surface area contributed by atoms with Crippen LogP contribution in [0.5, 0.6) is 5.75 Å². The molecule has 0 atom stereocenters. The van der Waals surface area contributed by atoms with Gasteiger partial charge in [0.05, 0.1) is 6.42 Å². The van der Waals surface area contributed by atoms with Crippen molar-refractivity contribution in [2.45, 2.75) is 25.3 Å². The lowest BCUT2D eigenvalue weighted by atomic mass is 10.2. The van der Waals surface area contributed by atoms with Crippen LogP contribution in [-0.2, 0) is 9.59 Å². The third kappa shape index (κ3) is 4.12. The smallest absolute Gasteiger partial charge is 0.305 e. The minimum absolute atomic E-state index is 0.0325. The summed E-state index contributed by atoms with van der Waals surface area (Å²) in [6, 6.07) is 6.70. The van der Waals surface area contributed by atoms with Crippen molar-refractivity contribution in [3.8, 4) is 5.75 Å². The molecule has 2 N–H and O–H groups in total. The number of nitrogens with zero attached hydrogens (tertiary/aromatic N) is 1. The molecule has 0 aliphatic heterocycles. The van der Waals surface area contributed by atoms with Gasteiger partial charge in [0, 0.05) is 18.7 Å². The van der Waals surface area contributed by atoms with Gasteiger partial charge in [-0.15, -0.1) is 0 Å². The van der Waals surface area contributed by atoms with Gasteiger partial charge in [-0.2, -0.15) is 0 Å². The van der Waals surface area contributed by atoms with Gasteiger partial charge in [-0.3, -0.25) is 9.59 Å². The highest BCUT2D eigenvalue weighted by molar-refractivity contribution is 5.92. The highest BCUT2D eigenvalue weighted by atomic mass is 16.4. The fraction of sp³-hybridized carbons (Fsp3) is 0.333. The van der Waals surface area contributed by atoms with E-state index in [1.807, 2.05) is 0 Å². The molecular formula is C15H17NO4. The zero-order valence-corrected chi connectivity index (χ0v) is 11.0. The maximum absolute atomic E-state index is 12.1. The summed E-state index contributed by atoms with van der Waals surface area (Å²) in [4.78, 5) is 24.3. The van der Waals surface area contributed by atoms with Crippen molar-refractivity contribution in [2.75, 3.05) is 6.54 Å². The quantitative estimate of drug-likeness (QED) is 0.777. The molecule has 106 valence electrons. The molecule has 5 heteroatoms. The Labute approximate surface area is 117 Å². The maximum atomic E-state index is 12.1. The van der Waals surface area contributed by atoms with Crippen LogP contribution in [0.15, 0.2) is 30.3 Å². The number of hydrogen-bond acceptors (Lipinski definition) is 3. The fourth-order valence-electron chi connectivity index (χ4n) is 1.92. The van der Waals surface area contributed by atoms with E-state index in [0.29, 0.717) is 0 Å². The molecule has 2 rings (SSSR count). The van der Waals surface area contributed by atoms with Gasteiger partial charge in [0.25, 0.3) is 0 Å². The zero-order chi connectivity index (χ0) is 14.5. The van der Waals surface area contributed by atoms with Crippen LogP contribution in [-0.4, -0.2) is 39.6 Å². The van der Waals surface area contributed by atoms with E-state index in [0.717, 1.165) is 18.4 Å². The topological polar surface area (TPSA) is 77.8 Å². The zero-order valence-electron chi connectivity index (χ0n) is 11.0. The first-order valence-electron chi connectivity index (χ1n) is 6.56. The summed E-state index contributed by atoms with van der Waals surface area (Å²) >= 11 is 0. The van der Waals surface area contributed by atoms with Crippen LogP contribution in [0.25, 0.3) is 6.08 Å². The molecule has 20 heavy (non-hydrogen) atoms. The summed E-state index contributed by atoms with van der Waals surface area (Å²) in [6.07, 6.45) is 4.97. The van der Waals surface area contributed by atoms with Crippen molar-refractivity contribution in [2.24, 2.45) is 0 Å². The molecule has 1 aliphatic rings. The van der Waals surface area contributed by atoms with Crippen molar-refractivity contribution >= 4 is 18.0 Å². The van der Waals surface area contributed by atoms with E-state index in [1.54, 1.807) is 35.2 Å². The third-order valence-corrected chi connectivity index (χ3v) is 3.15. The molecule has 1 aromatic rings. The van der Waals surface area contributed by atoms with E-state index < -0.39 is 5.97 Å². The summed E-state index contributed by atoms with van der Waals surface area (Å²) in [5.41, 5.74) is 0.810. The number of aromatic hydroxyl groups is 1. The van der Waals surface area contributed by atoms with Crippen molar-refractivity contribution in [1.29, 1.82) is 0 Å². The largest absolute Gasteiger partial charge is 0.508 e. The van der Waals surface area contributed by atoms with Crippen LogP contribution >= 0.6 is 0 Å². The maximum Gasteiger partial charge on any atom is 0.305 e. The van der Waals surface area contributed by atoms with Gasteiger partial charge >= 0.3 is 5.97 Å². The summed E-state index contributed by atoms with van der Waals surface area (Å²) < 4.78 is 0. The highest BCUT2D eigenvalue weighted by Crippen LogP contribution is 2.27. The van der Waals surface area contributed by atoms with E-state index in [4.69, 9.17) is 5.11 Å². The van der Waals surface area contributed by atoms with Crippen molar-refractivity contribution in [3.63, 3.8) is 0 Å². The van der Waals surface area contributed by atoms with Crippen LogP contribution in [0.4, 0.5) is 0 Å². The van der Waals surface area contributed by atoms with Crippen LogP contribution in [0.2, 0.25) is 0 Å². The minimum atomic E-state index is -0.897. The Morgan fingerprint density at radius 3 is 2.45 bits per heavy atom. The Hall–Kier alpha value is -2.30. The Kier molecular flexibility index (Phi) is 4.40. The number of aliphatic carboxylic acids is 1. The lowest BCUT2D eigenvalue weighted by Crippen LogP contribution is -2.33. The third-order valence-electron chi connectivity index (χ3n) is 3.15. The molecule has 0 bridgehead atoms. The van der Waals surface area contributed by atoms with Gasteiger partial charge in [-0.1, -0.05) is 12.1 Å². The Morgan fingerprint density at radius 1 is 1.25 bits per heavy atom. The number of phenolic OH excluding ortho intramolecular Hbond substituents is 1. The number of rotatable bonds is 6. The molecule has 5 nitrogen and oxygen atoms in total. The number of carbonyl (C=O) groups excluding carboxylic acids is 1. The van der Waals surface area contributed by atoms with E-state index in [2.05, 4.69) is 0 Å². The molecule has 0 heterocycles. The number of carbonyl (C=O) groups is 2. The van der Waals surface area contributed by atoms with Crippen molar-refractivity contribution in [1.82, 2.24) is 4.90 Å². The number of phenols is 1. The van der Waals surface area contributed by atoms with Crippen LogP contribution in [0.3, 0.4) is 0 Å². The predicted molar refractivity (Wildman–Crippen MR) is 74.1 cm³/mol. The Morgan fingerprint density at radius 2 is 1.90 bits per heavy atom. The van der Waals surface area contributed by atoms with Gasteiger partial charge in [-0.05, 0) is 36.6 Å². The first-order valence-corrected chi connectivity index (χ1v) is 6.56. The number of amides is 1. The number of hydrogen-bond donors (Lipinski definition) is 2. The van der Waals surface area contributed by atoms with Crippen LogP contribution in [0.1, 0.15) is 24.8 Å². The molecule has 0 saturated heterocycles. The molecule has 0 aromatic heterocycles. The van der Waals surface area contributed by atoms with E-state index in [-0.39, 0.29) is 30.7 Å². The Bertz CT molecular complexity index is 517. The second-order valence-corrected chi connectivity index (χ2v) is 4.83. The van der Waals surface area contributed by atoms with E-state index in [1.165, 1.54) is 6.08 Å². The molecule has 1 amide bonds. The second-order valence-electron chi connectivity index (χ2n) is 4.83.